The molecule has 0 amide bonds. The first-order valence-electron chi connectivity index (χ1n) is 6.21. The van der Waals surface area contributed by atoms with Gasteiger partial charge in [0, 0.05) is 29.9 Å². The molecular weight excluding hydrogens is 196 g/mol. The fraction of sp³-hybridized carbons (Fsp3) is 0.571. The van der Waals surface area contributed by atoms with E-state index in [1.54, 1.807) is 0 Å². The van der Waals surface area contributed by atoms with Crippen LogP contribution in [-0.4, -0.2) is 13.1 Å². The topological polar surface area (TPSA) is 29.3 Å². The fourth-order valence-electron chi connectivity index (χ4n) is 2.66. The van der Waals surface area contributed by atoms with Crippen molar-refractivity contribution in [2.75, 3.05) is 23.7 Å². The number of hydrogen-bond acceptors (Lipinski definition) is 2. The molecule has 0 bridgehead atoms. The van der Waals surface area contributed by atoms with E-state index in [9.17, 15) is 0 Å². The van der Waals surface area contributed by atoms with Crippen molar-refractivity contribution in [1.29, 1.82) is 0 Å². The van der Waals surface area contributed by atoms with E-state index in [0.717, 1.165) is 5.69 Å². The van der Waals surface area contributed by atoms with Gasteiger partial charge in [-0.15, -0.1) is 0 Å². The summed E-state index contributed by atoms with van der Waals surface area (Å²) in [6.07, 6.45) is 2.57. The third-order valence-electron chi connectivity index (χ3n) is 4.11. The zero-order valence-corrected chi connectivity index (χ0v) is 10.6. The lowest BCUT2D eigenvalue weighted by Gasteiger charge is -2.51. The van der Waals surface area contributed by atoms with Crippen LogP contribution in [0.2, 0.25) is 0 Å². The number of hydrogen-bond donors (Lipinski definition) is 1. The van der Waals surface area contributed by atoms with Gasteiger partial charge in [0.25, 0.3) is 0 Å². The monoisotopic (exact) mass is 218 g/mol. The summed E-state index contributed by atoms with van der Waals surface area (Å²) in [6.45, 7) is 9.15. The third kappa shape index (κ3) is 1.77. The molecule has 0 unspecified atom stereocenters. The average Bonchev–Trinajstić information content (AvgIpc) is 2.20. The molecule has 16 heavy (non-hydrogen) atoms. The van der Waals surface area contributed by atoms with E-state index in [1.807, 2.05) is 6.07 Å². The number of anilines is 2. The van der Waals surface area contributed by atoms with Crippen molar-refractivity contribution in [2.45, 2.75) is 33.6 Å². The molecular formula is C14H22N2. The molecule has 0 saturated carbocycles. The number of rotatable bonds is 3. The highest BCUT2D eigenvalue weighted by Gasteiger charge is 2.40. The zero-order valence-electron chi connectivity index (χ0n) is 10.6. The van der Waals surface area contributed by atoms with Gasteiger partial charge in [-0.25, -0.2) is 0 Å². The lowest BCUT2D eigenvalue weighted by atomic mass is 9.75. The van der Waals surface area contributed by atoms with E-state index < -0.39 is 0 Å². The Balaban J connectivity index is 2.12. The van der Waals surface area contributed by atoms with Crippen LogP contribution in [0.15, 0.2) is 18.2 Å². The molecule has 1 aliphatic heterocycles. The molecule has 2 rings (SSSR count). The van der Waals surface area contributed by atoms with E-state index in [4.69, 9.17) is 5.73 Å². The van der Waals surface area contributed by atoms with Crippen molar-refractivity contribution in [1.82, 2.24) is 0 Å². The molecule has 0 aromatic heterocycles. The van der Waals surface area contributed by atoms with E-state index in [1.165, 1.54) is 37.2 Å². The van der Waals surface area contributed by atoms with Crippen molar-refractivity contribution in [2.24, 2.45) is 5.41 Å². The molecule has 2 heteroatoms. The Hall–Kier alpha value is -1.18. The first kappa shape index (κ1) is 11.3. The SMILES string of the molecule is CCC1(CC)CN(c2ccc(N)cc2C)C1. The molecule has 0 radical (unpaired) electrons. The van der Waals surface area contributed by atoms with Gasteiger partial charge in [0.15, 0.2) is 0 Å². The van der Waals surface area contributed by atoms with Gasteiger partial charge >= 0.3 is 0 Å². The lowest BCUT2D eigenvalue weighted by molar-refractivity contribution is 0.194. The summed E-state index contributed by atoms with van der Waals surface area (Å²) in [5.41, 5.74) is 9.84. The van der Waals surface area contributed by atoms with Crippen molar-refractivity contribution in [3.05, 3.63) is 23.8 Å². The minimum Gasteiger partial charge on any atom is -0.399 e. The number of aryl methyl sites for hydroxylation is 1. The predicted molar refractivity (Wildman–Crippen MR) is 70.8 cm³/mol. The van der Waals surface area contributed by atoms with Gasteiger partial charge < -0.3 is 10.6 Å². The van der Waals surface area contributed by atoms with Crippen LogP contribution in [-0.2, 0) is 0 Å². The average molecular weight is 218 g/mol. The number of nitrogen functional groups attached to an aromatic ring is 1. The highest BCUT2D eigenvalue weighted by molar-refractivity contribution is 5.60. The Morgan fingerprint density at radius 1 is 1.25 bits per heavy atom. The Morgan fingerprint density at radius 3 is 2.38 bits per heavy atom. The Bertz CT molecular complexity index is 372. The van der Waals surface area contributed by atoms with E-state index >= 15 is 0 Å². The van der Waals surface area contributed by atoms with Crippen LogP contribution in [0, 0.1) is 12.3 Å². The summed E-state index contributed by atoms with van der Waals surface area (Å²) in [5.74, 6) is 0. The Morgan fingerprint density at radius 2 is 1.88 bits per heavy atom. The predicted octanol–water partition coefficient (Wildman–Crippen LogP) is 3.20. The number of nitrogens with zero attached hydrogens (tertiary/aromatic N) is 1. The maximum absolute atomic E-state index is 5.77. The second kappa shape index (κ2) is 4.00. The first-order chi connectivity index (χ1) is 7.60. The van der Waals surface area contributed by atoms with Crippen LogP contribution in [0.1, 0.15) is 32.3 Å². The summed E-state index contributed by atoms with van der Waals surface area (Å²) >= 11 is 0. The summed E-state index contributed by atoms with van der Waals surface area (Å²) in [4.78, 5) is 2.47. The van der Waals surface area contributed by atoms with E-state index in [-0.39, 0.29) is 0 Å². The summed E-state index contributed by atoms with van der Waals surface area (Å²) in [5, 5.41) is 0. The molecule has 1 heterocycles. The molecule has 0 spiro atoms. The molecule has 2 N–H and O–H groups in total. The number of nitrogens with two attached hydrogens (primary N) is 1. The highest BCUT2D eigenvalue weighted by atomic mass is 15.2. The van der Waals surface area contributed by atoms with Crippen LogP contribution >= 0.6 is 0 Å². The molecule has 1 aromatic carbocycles. The quantitative estimate of drug-likeness (QED) is 0.789. The minimum absolute atomic E-state index is 0.563. The molecule has 1 saturated heterocycles. The van der Waals surface area contributed by atoms with Crippen LogP contribution < -0.4 is 10.6 Å². The Kier molecular flexibility index (Phi) is 2.83. The third-order valence-corrected chi connectivity index (χ3v) is 4.11. The van der Waals surface area contributed by atoms with Crippen molar-refractivity contribution in [3.63, 3.8) is 0 Å². The molecule has 1 fully saturated rings. The molecule has 1 aliphatic rings. The fourth-order valence-corrected chi connectivity index (χ4v) is 2.66. The van der Waals surface area contributed by atoms with E-state index in [0.29, 0.717) is 5.41 Å². The second-order valence-corrected chi connectivity index (χ2v) is 5.11. The molecule has 88 valence electrons. The normalized spacial score (nSPS) is 18.3. The summed E-state index contributed by atoms with van der Waals surface area (Å²) in [6, 6.07) is 6.22. The maximum atomic E-state index is 5.77. The van der Waals surface area contributed by atoms with Gasteiger partial charge in [-0.1, -0.05) is 13.8 Å². The van der Waals surface area contributed by atoms with Crippen LogP contribution in [0.25, 0.3) is 0 Å². The largest absolute Gasteiger partial charge is 0.399 e. The first-order valence-corrected chi connectivity index (χ1v) is 6.21. The summed E-state index contributed by atoms with van der Waals surface area (Å²) < 4.78 is 0. The van der Waals surface area contributed by atoms with Gasteiger partial charge in [-0.2, -0.15) is 0 Å². The minimum atomic E-state index is 0.563. The number of benzene rings is 1. The van der Waals surface area contributed by atoms with Crippen LogP contribution in [0.5, 0.6) is 0 Å². The summed E-state index contributed by atoms with van der Waals surface area (Å²) in [7, 11) is 0. The highest BCUT2D eigenvalue weighted by Crippen LogP contribution is 2.40. The van der Waals surface area contributed by atoms with Crippen molar-refractivity contribution >= 4 is 11.4 Å². The van der Waals surface area contributed by atoms with Crippen molar-refractivity contribution in [3.8, 4) is 0 Å². The second-order valence-electron chi connectivity index (χ2n) is 5.11. The zero-order chi connectivity index (χ0) is 11.8. The van der Waals surface area contributed by atoms with Gasteiger partial charge in [-0.3, -0.25) is 0 Å². The van der Waals surface area contributed by atoms with Gasteiger partial charge in [0.1, 0.15) is 0 Å². The maximum Gasteiger partial charge on any atom is 0.0397 e. The van der Waals surface area contributed by atoms with Gasteiger partial charge in [0.2, 0.25) is 0 Å². The molecule has 2 nitrogen and oxygen atoms in total. The van der Waals surface area contributed by atoms with Crippen LogP contribution in [0.4, 0.5) is 11.4 Å². The Labute approximate surface area is 98.4 Å². The van der Waals surface area contributed by atoms with Crippen molar-refractivity contribution < 1.29 is 0 Å². The molecule has 0 atom stereocenters. The standard InChI is InChI=1S/C14H22N2/c1-4-14(5-2)9-16(10-14)13-7-6-12(15)8-11(13)3/h6-8H,4-5,9-10,15H2,1-3H3. The molecule has 0 aliphatic carbocycles. The van der Waals surface area contributed by atoms with Gasteiger partial charge in [0.05, 0.1) is 0 Å². The molecule has 1 aromatic rings. The van der Waals surface area contributed by atoms with E-state index in [2.05, 4.69) is 37.8 Å². The van der Waals surface area contributed by atoms with Crippen LogP contribution in [0.3, 0.4) is 0 Å². The van der Waals surface area contributed by atoms with Gasteiger partial charge in [-0.05, 0) is 43.5 Å². The lowest BCUT2D eigenvalue weighted by Crippen LogP contribution is -2.56. The smallest absolute Gasteiger partial charge is 0.0397 e.